The van der Waals surface area contributed by atoms with Crippen molar-refractivity contribution < 1.29 is 27.2 Å². The van der Waals surface area contributed by atoms with E-state index in [9.17, 15) is 27.2 Å². The molecule has 0 aliphatic carbocycles. The smallest absolute Gasteiger partial charge is 0.325 e. The number of hydrogen-bond donors (Lipinski definition) is 2. The number of anilines is 1. The van der Waals surface area contributed by atoms with E-state index < -0.39 is 45.8 Å². The van der Waals surface area contributed by atoms with Gasteiger partial charge in [0, 0.05) is 18.8 Å². The van der Waals surface area contributed by atoms with E-state index in [2.05, 4.69) is 10.6 Å². The number of urea groups is 1. The summed E-state index contributed by atoms with van der Waals surface area (Å²) < 4.78 is 39.8. The normalized spacial score (nSPS) is 18.3. The number of benzene rings is 2. The van der Waals surface area contributed by atoms with E-state index in [1.54, 1.807) is 20.8 Å². The Balaban J connectivity index is 1.72. The molecule has 0 unspecified atom stereocenters. The highest BCUT2D eigenvalue weighted by atomic mass is 32.2. The summed E-state index contributed by atoms with van der Waals surface area (Å²) in [7, 11) is -3.63. The molecular formula is C23H27FN4O5S. The lowest BCUT2D eigenvalue weighted by Crippen LogP contribution is -2.44. The molecule has 11 heteroatoms. The van der Waals surface area contributed by atoms with Gasteiger partial charge in [0.15, 0.2) is 0 Å². The number of carbonyl (C=O) groups excluding carboxylic acids is 3. The molecule has 1 saturated heterocycles. The maximum absolute atomic E-state index is 13.3. The molecule has 3 rings (SSSR count). The number of amides is 4. The molecule has 4 amide bonds. The Labute approximate surface area is 198 Å². The monoisotopic (exact) mass is 490 g/mol. The molecule has 0 radical (unpaired) electrons. The highest BCUT2D eigenvalue weighted by molar-refractivity contribution is 7.89. The number of rotatable bonds is 9. The number of carbonyl (C=O) groups is 3. The Morgan fingerprint density at radius 1 is 1.03 bits per heavy atom. The van der Waals surface area contributed by atoms with Gasteiger partial charge in [-0.1, -0.05) is 32.9 Å². The van der Waals surface area contributed by atoms with E-state index in [1.165, 1.54) is 52.8 Å². The quantitative estimate of drug-likeness (QED) is 0.525. The van der Waals surface area contributed by atoms with E-state index in [-0.39, 0.29) is 11.3 Å². The highest BCUT2D eigenvalue weighted by Crippen LogP contribution is 2.32. The van der Waals surface area contributed by atoms with Crippen LogP contribution in [0.1, 0.15) is 32.8 Å². The van der Waals surface area contributed by atoms with Gasteiger partial charge in [0.2, 0.25) is 15.9 Å². The van der Waals surface area contributed by atoms with Gasteiger partial charge < -0.3 is 10.6 Å². The summed E-state index contributed by atoms with van der Waals surface area (Å²) in [6.07, 6.45) is 0.212. The number of hydrogen-bond acceptors (Lipinski definition) is 5. The van der Waals surface area contributed by atoms with Crippen molar-refractivity contribution in [1.29, 1.82) is 0 Å². The third-order valence-corrected chi connectivity index (χ3v) is 7.89. The first-order chi connectivity index (χ1) is 16.1. The van der Waals surface area contributed by atoms with Crippen LogP contribution in [0.25, 0.3) is 0 Å². The summed E-state index contributed by atoms with van der Waals surface area (Å²) in [5.74, 6) is -1.71. The minimum atomic E-state index is -3.63. The van der Waals surface area contributed by atoms with Crippen LogP contribution in [0.3, 0.4) is 0 Å². The second-order valence-electron chi connectivity index (χ2n) is 7.75. The topological polar surface area (TPSA) is 116 Å². The van der Waals surface area contributed by atoms with Crippen LogP contribution < -0.4 is 10.6 Å². The van der Waals surface area contributed by atoms with Crippen molar-refractivity contribution in [2.75, 3.05) is 25.0 Å². The zero-order valence-corrected chi connectivity index (χ0v) is 20.0. The van der Waals surface area contributed by atoms with Gasteiger partial charge in [0.05, 0.1) is 4.90 Å². The maximum atomic E-state index is 13.3. The van der Waals surface area contributed by atoms with Gasteiger partial charge in [0.1, 0.15) is 17.9 Å². The Hall–Kier alpha value is -3.31. The predicted molar refractivity (Wildman–Crippen MR) is 124 cm³/mol. The van der Waals surface area contributed by atoms with Crippen LogP contribution in [-0.2, 0) is 25.2 Å². The van der Waals surface area contributed by atoms with Crippen molar-refractivity contribution in [3.8, 4) is 0 Å². The number of sulfonamides is 1. The first kappa shape index (κ1) is 25.3. The molecule has 2 aromatic carbocycles. The Morgan fingerprint density at radius 3 is 2.15 bits per heavy atom. The Morgan fingerprint density at radius 2 is 1.62 bits per heavy atom. The molecule has 0 saturated carbocycles. The van der Waals surface area contributed by atoms with Crippen LogP contribution in [0.15, 0.2) is 53.4 Å². The average molecular weight is 491 g/mol. The Bertz CT molecular complexity index is 1180. The van der Waals surface area contributed by atoms with Crippen molar-refractivity contribution in [3.63, 3.8) is 0 Å². The average Bonchev–Trinajstić information content (AvgIpc) is 3.05. The summed E-state index contributed by atoms with van der Waals surface area (Å²) in [6, 6.07) is 10.2. The summed E-state index contributed by atoms with van der Waals surface area (Å²) >= 11 is 0. The van der Waals surface area contributed by atoms with Crippen LogP contribution in [0.2, 0.25) is 0 Å². The van der Waals surface area contributed by atoms with Gasteiger partial charge in [-0.3, -0.25) is 14.5 Å². The van der Waals surface area contributed by atoms with Gasteiger partial charge in [0.25, 0.3) is 5.91 Å². The lowest BCUT2D eigenvalue weighted by atomic mass is 9.87. The lowest BCUT2D eigenvalue weighted by molar-refractivity contribution is -0.134. The SMILES string of the molecule is CCN(CC)S(=O)(=O)c1ccc(NC(=O)CN2C(=O)N[C@@](CC)(c3ccc(F)cc3)C2=O)cc1. The fraction of sp³-hybridized carbons (Fsp3) is 0.348. The van der Waals surface area contributed by atoms with Gasteiger partial charge >= 0.3 is 6.03 Å². The maximum Gasteiger partial charge on any atom is 0.325 e. The van der Waals surface area contributed by atoms with E-state index in [0.29, 0.717) is 24.3 Å². The zero-order chi connectivity index (χ0) is 25.1. The first-order valence-corrected chi connectivity index (χ1v) is 12.3. The molecule has 2 N–H and O–H groups in total. The largest absolute Gasteiger partial charge is 0.325 e. The molecule has 0 aromatic heterocycles. The standard InChI is InChI=1S/C23H27FN4O5S/c1-4-23(16-7-9-17(24)10-8-16)21(30)28(22(31)26-23)15-20(29)25-18-11-13-19(14-12-18)34(32,33)27(5-2)6-3/h7-14H,4-6,15H2,1-3H3,(H,25,29)(H,26,31)/t23-/m0/s1. The van der Waals surface area contributed by atoms with Crippen molar-refractivity contribution in [1.82, 2.24) is 14.5 Å². The third kappa shape index (κ3) is 4.66. The molecule has 1 aliphatic heterocycles. The molecule has 34 heavy (non-hydrogen) atoms. The second-order valence-corrected chi connectivity index (χ2v) is 9.69. The van der Waals surface area contributed by atoms with Crippen LogP contribution in [-0.4, -0.2) is 55.1 Å². The molecule has 2 aromatic rings. The van der Waals surface area contributed by atoms with Crippen LogP contribution >= 0.6 is 0 Å². The summed E-state index contributed by atoms with van der Waals surface area (Å²) in [5, 5.41) is 5.20. The molecule has 1 fully saturated rings. The van der Waals surface area contributed by atoms with E-state index in [1.807, 2.05) is 0 Å². The van der Waals surface area contributed by atoms with E-state index in [4.69, 9.17) is 0 Å². The molecule has 0 bridgehead atoms. The van der Waals surface area contributed by atoms with Gasteiger partial charge in [-0.05, 0) is 48.4 Å². The second kappa shape index (κ2) is 9.90. The molecule has 1 aliphatic rings. The molecular weight excluding hydrogens is 463 g/mol. The van der Waals surface area contributed by atoms with Gasteiger partial charge in [-0.15, -0.1) is 0 Å². The Kier molecular flexibility index (Phi) is 7.37. The van der Waals surface area contributed by atoms with Crippen LogP contribution in [0.5, 0.6) is 0 Å². The summed E-state index contributed by atoms with van der Waals surface area (Å²) in [4.78, 5) is 39.1. The predicted octanol–water partition coefficient (Wildman–Crippen LogP) is 2.65. The fourth-order valence-corrected chi connectivity index (χ4v) is 5.37. The minimum Gasteiger partial charge on any atom is -0.325 e. The van der Waals surface area contributed by atoms with Crippen molar-refractivity contribution in [3.05, 3.63) is 59.9 Å². The van der Waals surface area contributed by atoms with E-state index >= 15 is 0 Å². The fourth-order valence-electron chi connectivity index (χ4n) is 3.91. The lowest BCUT2D eigenvalue weighted by Gasteiger charge is -2.25. The zero-order valence-electron chi connectivity index (χ0n) is 19.2. The number of halogens is 1. The highest BCUT2D eigenvalue weighted by Gasteiger charge is 2.51. The third-order valence-electron chi connectivity index (χ3n) is 5.83. The van der Waals surface area contributed by atoms with Gasteiger partial charge in [-0.2, -0.15) is 4.31 Å². The number of imide groups is 1. The summed E-state index contributed by atoms with van der Waals surface area (Å²) in [6.45, 7) is 5.33. The number of nitrogens with one attached hydrogen (secondary N) is 2. The molecule has 0 spiro atoms. The van der Waals surface area contributed by atoms with Crippen molar-refractivity contribution in [2.24, 2.45) is 0 Å². The van der Waals surface area contributed by atoms with Gasteiger partial charge in [-0.25, -0.2) is 17.6 Å². The number of nitrogens with zero attached hydrogens (tertiary/aromatic N) is 2. The van der Waals surface area contributed by atoms with E-state index in [0.717, 1.165) is 4.90 Å². The minimum absolute atomic E-state index is 0.0929. The van der Waals surface area contributed by atoms with Crippen molar-refractivity contribution >= 4 is 33.6 Å². The van der Waals surface area contributed by atoms with Crippen LogP contribution in [0.4, 0.5) is 14.9 Å². The van der Waals surface area contributed by atoms with Crippen molar-refractivity contribution in [2.45, 2.75) is 37.6 Å². The van der Waals surface area contributed by atoms with Crippen LogP contribution in [0, 0.1) is 5.82 Å². The molecule has 1 atom stereocenters. The molecule has 1 heterocycles. The first-order valence-electron chi connectivity index (χ1n) is 10.9. The summed E-state index contributed by atoms with van der Waals surface area (Å²) in [5.41, 5.74) is -0.649. The molecule has 182 valence electrons. The molecule has 9 nitrogen and oxygen atoms in total.